The van der Waals surface area contributed by atoms with E-state index in [0.29, 0.717) is 17.9 Å². The predicted molar refractivity (Wildman–Crippen MR) is 86.2 cm³/mol. The van der Waals surface area contributed by atoms with Gasteiger partial charge in [0.1, 0.15) is 17.2 Å². The van der Waals surface area contributed by atoms with E-state index in [1.54, 1.807) is 26.4 Å². The van der Waals surface area contributed by atoms with Gasteiger partial charge in [-0.15, -0.1) is 12.4 Å². The van der Waals surface area contributed by atoms with Crippen LogP contribution < -0.4 is 14.8 Å². The van der Waals surface area contributed by atoms with Crippen LogP contribution >= 0.6 is 12.4 Å². The van der Waals surface area contributed by atoms with Gasteiger partial charge in [-0.05, 0) is 6.42 Å². The molecule has 1 aliphatic rings. The molecule has 1 fully saturated rings. The second-order valence-corrected chi connectivity index (χ2v) is 5.04. The number of benzene rings is 1. The molecule has 5 nitrogen and oxygen atoms in total. The van der Waals surface area contributed by atoms with Gasteiger partial charge < -0.3 is 19.9 Å². The lowest BCUT2D eigenvalue weighted by Gasteiger charge is -2.36. The zero-order valence-electron chi connectivity index (χ0n) is 13.0. The van der Waals surface area contributed by atoms with E-state index in [0.717, 1.165) is 31.7 Å². The van der Waals surface area contributed by atoms with Crippen LogP contribution in [0.25, 0.3) is 0 Å². The minimum Gasteiger partial charge on any atom is -0.508 e. The lowest BCUT2D eigenvalue weighted by molar-refractivity contribution is 0.152. The summed E-state index contributed by atoms with van der Waals surface area (Å²) in [5.74, 6) is 1.14. The van der Waals surface area contributed by atoms with E-state index in [9.17, 15) is 9.50 Å². The Labute approximate surface area is 136 Å². The van der Waals surface area contributed by atoms with Crippen LogP contribution in [0.4, 0.5) is 4.39 Å². The van der Waals surface area contributed by atoms with Gasteiger partial charge in [0, 0.05) is 44.4 Å². The first-order valence-corrected chi connectivity index (χ1v) is 7.16. The molecule has 1 saturated heterocycles. The first-order valence-electron chi connectivity index (χ1n) is 7.16. The van der Waals surface area contributed by atoms with E-state index >= 15 is 0 Å². The highest BCUT2D eigenvalue weighted by molar-refractivity contribution is 5.85. The van der Waals surface area contributed by atoms with E-state index in [1.165, 1.54) is 0 Å². The van der Waals surface area contributed by atoms with Gasteiger partial charge in [0.25, 0.3) is 0 Å². The summed E-state index contributed by atoms with van der Waals surface area (Å²) >= 11 is 0. The molecule has 0 saturated carbocycles. The SMILES string of the molecule is COc1cc(O)cc(OC)c1[C@H](CCF)N1CCNCC1.Cl. The maximum Gasteiger partial charge on any atom is 0.131 e. The summed E-state index contributed by atoms with van der Waals surface area (Å²) in [4.78, 5) is 2.23. The quantitative estimate of drug-likeness (QED) is 0.834. The molecular weight excluding hydrogens is 311 g/mol. The van der Waals surface area contributed by atoms with Gasteiger partial charge in [0.2, 0.25) is 0 Å². The van der Waals surface area contributed by atoms with E-state index in [4.69, 9.17) is 9.47 Å². The standard InChI is InChI=1S/C15H23FN2O3.ClH/c1-20-13-9-11(19)10-14(21-2)15(13)12(3-4-16)18-7-5-17-6-8-18;/h9-10,12,17,19H,3-8H2,1-2H3;1H/t12-;/m0./s1. The second kappa shape index (κ2) is 9.02. The third-order valence-electron chi connectivity index (χ3n) is 3.84. The van der Waals surface area contributed by atoms with Crippen molar-refractivity contribution in [3.63, 3.8) is 0 Å². The lowest BCUT2D eigenvalue weighted by Crippen LogP contribution is -2.45. The molecule has 2 N–H and O–H groups in total. The number of alkyl halides is 1. The number of hydrogen-bond donors (Lipinski definition) is 2. The summed E-state index contributed by atoms with van der Waals surface area (Å²) < 4.78 is 23.8. The predicted octanol–water partition coefficient (Wildman–Crippen LogP) is 2.14. The minimum atomic E-state index is -0.415. The normalized spacial score (nSPS) is 16.7. The van der Waals surface area contributed by atoms with E-state index in [1.807, 2.05) is 0 Å². The van der Waals surface area contributed by atoms with Gasteiger partial charge >= 0.3 is 0 Å². The topological polar surface area (TPSA) is 54.0 Å². The molecule has 0 aliphatic carbocycles. The Balaban J connectivity index is 0.00000242. The van der Waals surface area contributed by atoms with Crippen molar-refractivity contribution in [3.05, 3.63) is 17.7 Å². The van der Waals surface area contributed by atoms with Gasteiger partial charge in [-0.25, -0.2) is 0 Å². The Morgan fingerprint density at radius 1 is 1.23 bits per heavy atom. The Bertz CT molecular complexity index is 445. The number of hydrogen-bond acceptors (Lipinski definition) is 5. The summed E-state index contributed by atoms with van der Waals surface area (Å²) in [5, 5.41) is 13.0. The lowest BCUT2D eigenvalue weighted by atomic mass is 9.99. The van der Waals surface area contributed by atoms with Crippen molar-refractivity contribution in [2.45, 2.75) is 12.5 Å². The third kappa shape index (κ3) is 4.15. The first kappa shape index (κ1) is 18.8. The van der Waals surface area contributed by atoms with Crippen LogP contribution in [0.3, 0.4) is 0 Å². The Hall–Kier alpha value is -1.24. The van der Waals surface area contributed by atoms with Crippen LogP contribution in [0.1, 0.15) is 18.0 Å². The Morgan fingerprint density at radius 3 is 2.23 bits per heavy atom. The summed E-state index contributed by atoms with van der Waals surface area (Å²) in [6, 6.07) is 2.97. The second-order valence-electron chi connectivity index (χ2n) is 5.04. The van der Waals surface area contributed by atoms with Crippen molar-refractivity contribution in [3.8, 4) is 17.2 Å². The molecule has 1 aromatic carbocycles. The van der Waals surface area contributed by atoms with Crippen LogP contribution in [0.5, 0.6) is 17.2 Å². The molecule has 126 valence electrons. The number of phenols is 1. The molecule has 7 heteroatoms. The number of aromatic hydroxyl groups is 1. The van der Waals surface area contributed by atoms with E-state index < -0.39 is 6.67 Å². The molecule has 0 amide bonds. The molecule has 1 atom stereocenters. The molecule has 0 aromatic heterocycles. The number of ether oxygens (including phenoxy) is 2. The van der Waals surface area contributed by atoms with Gasteiger partial charge in [-0.1, -0.05) is 0 Å². The summed E-state index contributed by atoms with van der Waals surface area (Å²) in [6.07, 6.45) is 0.373. The minimum absolute atomic E-state index is 0. The monoisotopic (exact) mass is 334 g/mol. The Morgan fingerprint density at radius 2 is 1.77 bits per heavy atom. The van der Waals surface area contributed by atoms with Crippen molar-refractivity contribution in [2.75, 3.05) is 47.1 Å². The molecule has 0 radical (unpaired) electrons. The van der Waals surface area contributed by atoms with E-state index in [2.05, 4.69) is 10.2 Å². The van der Waals surface area contributed by atoms with E-state index in [-0.39, 0.29) is 24.2 Å². The fourth-order valence-electron chi connectivity index (χ4n) is 2.86. The molecule has 0 spiro atoms. The maximum absolute atomic E-state index is 13.1. The summed E-state index contributed by atoms with van der Waals surface area (Å²) in [7, 11) is 3.09. The number of nitrogens with one attached hydrogen (secondary N) is 1. The molecule has 1 aliphatic heterocycles. The molecule has 2 rings (SSSR count). The average molecular weight is 335 g/mol. The highest BCUT2D eigenvalue weighted by Crippen LogP contribution is 2.41. The number of phenolic OH excluding ortho intramolecular Hbond substituents is 1. The van der Waals surface area contributed by atoms with Gasteiger partial charge in [0.05, 0.1) is 26.5 Å². The first-order chi connectivity index (χ1) is 10.2. The van der Waals surface area contributed by atoms with Crippen LogP contribution in [0.15, 0.2) is 12.1 Å². The number of halogens is 2. The number of nitrogens with zero attached hydrogens (tertiary/aromatic N) is 1. The summed E-state index contributed by atoms with van der Waals surface area (Å²) in [6.45, 7) is 3.04. The highest BCUT2D eigenvalue weighted by atomic mass is 35.5. The van der Waals surface area contributed by atoms with Crippen molar-refractivity contribution < 1.29 is 19.0 Å². The third-order valence-corrected chi connectivity index (χ3v) is 3.84. The fourth-order valence-corrected chi connectivity index (χ4v) is 2.86. The fraction of sp³-hybridized carbons (Fsp3) is 0.600. The van der Waals surface area contributed by atoms with Crippen molar-refractivity contribution >= 4 is 12.4 Å². The van der Waals surface area contributed by atoms with Crippen molar-refractivity contribution in [1.29, 1.82) is 0 Å². The zero-order chi connectivity index (χ0) is 15.2. The van der Waals surface area contributed by atoms with Crippen molar-refractivity contribution in [2.24, 2.45) is 0 Å². The van der Waals surface area contributed by atoms with Gasteiger partial charge in [-0.2, -0.15) is 0 Å². The van der Waals surface area contributed by atoms with Gasteiger partial charge in [0.15, 0.2) is 0 Å². The molecule has 22 heavy (non-hydrogen) atoms. The number of rotatable bonds is 6. The molecule has 1 aromatic rings. The molecule has 1 heterocycles. The van der Waals surface area contributed by atoms with Gasteiger partial charge in [-0.3, -0.25) is 9.29 Å². The van der Waals surface area contributed by atoms with Crippen LogP contribution in [0, 0.1) is 0 Å². The zero-order valence-corrected chi connectivity index (χ0v) is 13.8. The molecular formula is C15H24ClFN2O3. The van der Waals surface area contributed by atoms with Crippen LogP contribution in [0.2, 0.25) is 0 Å². The maximum atomic E-state index is 13.1. The Kier molecular flexibility index (Phi) is 7.72. The summed E-state index contributed by atoms with van der Waals surface area (Å²) in [5.41, 5.74) is 0.803. The smallest absolute Gasteiger partial charge is 0.131 e. The highest BCUT2D eigenvalue weighted by Gasteiger charge is 2.28. The van der Waals surface area contributed by atoms with Crippen LogP contribution in [-0.4, -0.2) is 57.1 Å². The van der Waals surface area contributed by atoms with Crippen LogP contribution in [-0.2, 0) is 0 Å². The van der Waals surface area contributed by atoms with Crippen molar-refractivity contribution in [1.82, 2.24) is 10.2 Å². The molecule has 0 unspecified atom stereocenters. The number of piperazine rings is 1. The number of methoxy groups -OCH3 is 2. The largest absolute Gasteiger partial charge is 0.508 e. The average Bonchev–Trinajstić information content (AvgIpc) is 2.53. The molecule has 0 bridgehead atoms.